The molecule has 0 saturated carbocycles. The highest BCUT2D eigenvalue weighted by Crippen LogP contribution is 2.16. The minimum Gasteiger partial charge on any atom is -0.339 e. The second-order valence-corrected chi connectivity index (χ2v) is 7.14. The Bertz CT molecular complexity index is 728. The van der Waals surface area contributed by atoms with Gasteiger partial charge in [0, 0.05) is 35.1 Å². The first-order valence-corrected chi connectivity index (χ1v) is 10.1. The Labute approximate surface area is 163 Å². The van der Waals surface area contributed by atoms with Gasteiger partial charge in [-0.15, -0.1) is 11.8 Å². The van der Waals surface area contributed by atoms with Crippen LogP contribution < -0.4 is 5.32 Å². The van der Waals surface area contributed by atoms with Gasteiger partial charge in [-0.25, -0.2) is 0 Å². The summed E-state index contributed by atoms with van der Waals surface area (Å²) in [6.45, 7) is 5.27. The Morgan fingerprint density at radius 1 is 1.00 bits per heavy atom. The molecule has 2 aromatic carbocycles. The van der Waals surface area contributed by atoms with Gasteiger partial charge in [0.25, 0.3) is 5.91 Å². The number of rotatable bonds is 8. The van der Waals surface area contributed by atoms with Crippen molar-refractivity contribution in [3.8, 4) is 0 Å². The molecule has 0 aliphatic heterocycles. The fraction of sp³-hybridized carbons (Fsp3) is 0.300. The SMILES string of the molecule is CCN(CC)C(=O)c1ccc(NC(=O)CSCc2ccc(Cl)cc2)cc1. The van der Waals surface area contributed by atoms with Crippen LogP contribution in [-0.2, 0) is 10.5 Å². The molecule has 0 heterocycles. The Hall–Kier alpha value is -1.98. The molecule has 4 nitrogen and oxygen atoms in total. The lowest BCUT2D eigenvalue weighted by Gasteiger charge is -2.18. The molecule has 0 aliphatic carbocycles. The van der Waals surface area contributed by atoms with Gasteiger partial charge in [-0.3, -0.25) is 9.59 Å². The smallest absolute Gasteiger partial charge is 0.253 e. The average Bonchev–Trinajstić information content (AvgIpc) is 2.65. The van der Waals surface area contributed by atoms with Crippen LogP contribution in [0.4, 0.5) is 5.69 Å². The fourth-order valence-electron chi connectivity index (χ4n) is 2.43. The Balaban J connectivity index is 1.81. The van der Waals surface area contributed by atoms with Gasteiger partial charge in [-0.05, 0) is 55.8 Å². The van der Waals surface area contributed by atoms with Crippen LogP contribution in [0.1, 0.15) is 29.8 Å². The maximum Gasteiger partial charge on any atom is 0.253 e. The summed E-state index contributed by atoms with van der Waals surface area (Å²) in [5.41, 5.74) is 2.45. The van der Waals surface area contributed by atoms with Crippen LogP contribution in [0.15, 0.2) is 48.5 Å². The molecule has 1 N–H and O–H groups in total. The fourth-order valence-corrected chi connectivity index (χ4v) is 3.34. The van der Waals surface area contributed by atoms with E-state index < -0.39 is 0 Å². The molecule has 0 aromatic heterocycles. The van der Waals surface area contributed by atoms with E-state index in [1.807, 2.05) is 38.1 Å². The standard InChI is InChI=1S/C20H23ClN2O2S/c1-3-23(4-2)20(25)16-7-11-18(12-8-16)22-19(24)14-26-13-15-5-9-17(21)10-6-15/h5-12H,3-4,13-14H2,1-2H3,(H,22,24). The van der Waals surface area contributed by atoms with E-state index in [2.05, 4.69) is 5.32 Å². The minimum absolute atomic E-state index is 0.00592. The molecule has 2 aromatic rings. The molecule has 26 heavy (non-hydrogen) atoms. The van der Waals surface area contributed by atoms with E-state index in [0.29, 0.717) is 35.1 Å². The van der Waals surface area contributed by atoms with Crippen LogP contribution >= 0.6 is 23.4 Å². The lowest BCUT2D eigenvalue weighted by Crippen LogP contribution is -2.30. The molecular formula is C20H23ClN2O2S. The highest BCUT2D eigenvalue weighted by atomic mass is 35.5. The van der Waals surface area contributed by atoms with Crippen LogP contribution in [0.2, 0.25) is 5.02 Å². The molecule has 2 rings (SSSR count). The van der Waals surface area contributed by atoms with Crippen LogP contribution in [0, 0.1) is 0 Å². The molecule has 0 aliphatic rings. The Morgan fingerprint density at radius 3 is 2.19 bits per heavy atom. The molecule has 6 heteroatoms. The van der Waals surface area contributed by atoms with Gasteiger partial charge >= 0.3 is 0 Å². The predicted molar refractivity (Wildman–Crippen MR) is 110 cm³/mol. The highest BCUT2D eigenvalue weighted by Gasteiger charge is 2.12. The van der Waals surface area contributed by atoms with Crippen molar-refractivity contribution in [2.24, 2.45) is 0 Å². The number of carbonyl (C=O) groups is 2. The first kappa shape index (κ1) is 20.3. The molecule has 0 unspecified atom stereocenters. The molecule has 0 spiro atoms. The molecule has 0 saturated heterocycles. The van der Waals surface area contributed by atoms with Gasteiger partial charge in [-0.2, -0.15) is 0 Å². The third-order valence-corrected chi connectivity index (χ3v) is 5.14. The van der Waals surface area contributed by atoms with Crippen molar-refractivity contribution in [2.75, 3.05) is 24.2 Å². The van der Waals surface area contributed by atoms with E-state index in [0.717, 1.165) is 11.3 Å². The van der Waals surface area contributed by atoms with Crippen molar-refractivity contribution in [3.63, 3.8) is 0 Å². The Kier molecular flexibility index (Phi) is 8.01. The molecule has 0 fully saturated rings. The average molecular weight is 391 g/mol. The Morgan fingerprint density at radius 2 is 1.62 bits per heavy atom. The van der Waals surface area contributed by atoms with Gasteiger partial charge in [0.2, 0.25) is 5.91 Å². The van der Waals surface area contributed by atoms with Crippen molar-refractivity contribution in [1.82, 2.24) is 4.90 Å². The van der Waals surface area contributed by atoms with Crippen LogP contribution in [-0.4, -0.2) is 35.6 Å². The number of nitrogens with one attached hydrogen (secondary N) is 1. The van der Waals surface area contributed by atoms with Crippen molar-refractivity contribution >= 4 is 40.9 Å². The number of amides is 2. The van der Waals surface area contributed by atoms with Gasteiger partial charge in [0.1, 0.15) is 0 Å². The summed E-state index contributed by atoms with van der Waals surface area (Å²) in [5, 5.41) is 3.56. The molecular weight excluding hydrogens is 368 g/mol. The van der Waals surface area contributed by atoms with E-state index in [1.165, 1.54) is 0 Å². The largest absolute Gasteiger partial charge is 0.339 e. The monoisotopic (exact) mass is 390 g/mol. The summed E-state index contributed by atoms with van der Waals surface area (Å²) in [7, 11) is 0. The third kappa shape index (κ3) is 6.07. The maximum absolute atomic E-state index is 12.3. The van der Waals surface area contributed by atoms with Gasteiger partial charge in [-0.1, -0.05) is 23.7 Å². The second-order valence-electron chi connectivity index (χ2n) is 5.72. The predicted octanol–water partition coefficient (Wildman–Crippen LogP) is 4.69. The number of hydrogen-bond acceptors (Lipinski definition) is 3. The van der Waals surface area contributed by atoms with Gasteiger partial charge in [0.05, 0.1) is 5.75 Å². The molecule has 0 radical (unpaired) electrons. The van der Waals surface area contributed by atoms with Gasteiger partial charge in [0.15, 0.2) is 0 Å². The van der Waals surface area contributed by atoms with E-state index in [1.54, 1.807) is 40.9 Å². The van der Waals surface area contributed by atoms with E-state index in [-0.39, 0.29) is 11.8 Å². The van der Waals surface area contributed by atoms with Crippen molar-refractivity contribution in [2.45, 2.75) is 19.6 Å². The topological polar surface area (TPSA) is 49.4 Å². The van der Waals surface area contributed by atoms with Crippen LogP contribution in [0.5, 0.6) is 0 Å². The summed E-state index contributed by atoms with van der Waals surface area (Å²) in [6, 6.07) is 14.6. The highest BCUT2D eigenvalue weighted by molar-refractivity contribution is 7.99. The summed E-state index contributed by atoms with van der Waals surface area (Å²) in [5.74, 6) is 1.06. The second kappa shape index (κ2) is 10.2. The van der Waals surface area contributed by atoms with Crippen LogP contribution in [0.3, 0.4) is 0 Å². The van der Waals surface area contributed by atoms with Crippen molar-refractivity contribution < 1.29 is 9.59 Å². The lowest BCUT2D eigenvalue weighted by molar-refractivity contribution is -0.113. The minimum atomic E-state index is -0.0632. The molecule has 2 amide bonds. The third-order valence-electron chi connectivity index (χ3n) is 3.88. The maximum atomic E-state index is 12.3. The van der Waals surface area contributed by atoms with E-state index in [4.69, 9.17) is 11.6 Å². The number of halogens is 1. The number of benzene rings is 2. The van der Waals surface area contributed by atoms with E-state index in [9.17, 15) is 9.59 Å². The lowest BCUT2D eigenvalue weighted by atomic mass is 10.2. The summed E-state index contributed by atoms with van der Waals surface area (Å²) >= 11 is 7.40. The zero-order valence-electron chi connectivity index (χ0n) is 15.0. The zero-order valence-corrected chi connectivity index (χ0v) is 16.6. The number of hydrogen-bond donors (Lipinski definition) is 1. The zero-order chi connectivity index (χ0) is 18.9. The quantitative estimate of drug-likeness (QED) is 0.711. The van der Waals surface area contributed by atoms with Gasteiger partial charge < -0.3 is 10.2 Å². The van der Waals surface area contributed by atoms with Crippen molar-refractivity contribution in [3.05, 3.63) is 64.7 Å². The first-order chi connectivity index (χ1) is 12.5. The number of carbonyl (C=O) groups excluding carboxylic acids is 2. The molecule has 0 bridgehead atoms. The van der Waals surface area contributed by atoms with Crippen LogP contribution in [0.25, 0.3) is 0 Å². The summed E-state index contributed by atoms with van der Waals surface area (Å²) in [4.78, 5) is 26.1. The first-order valence-electron chi connectivity index (χ1n) is 8.54. The van der Waals surface area contributed by atoms with E-state index >= 15 is 0 Å². The number of anilines is 1. The number of nitrogens with zero attached hydrogens (tertiary/aromatic N) is 1. The normalized spacial score (nSPS) is 10.4. The summed E-state index contributed by atoms with van der Waals surface area (Å²) < 4.78 is 0. The van der Waals surface area contributed by atoms with Crippen molar-refractivity contribution in [1.29, 1.82) is 0 Å². The molecule has 0 atom stereocenters. The molecule has 138 valence electrons. The number of thioether (sulfide) groups is 1. The summed E-state index contributed by atoms with van der Waals surface area (Å²) in [6.07, 6.45) is 0.